The van der Waals surface area contributed by atoms with E-state index in [1.807, 2.05) is 35.3 Å². The van der Waals surface area contributed by atoms with E-state index < -0.39 is 0 Å². The van der Waals surface area contributed by atoms with Crippen LogP contribution in [0.1, 0.15) is 24.8 Å². The third-order valence-electron chi connectivity index (χ3n) is 3.70. The summed E-state index contributed by atoms with van der Waals surface area (Å²) >= 11 is 0. The molecule has 25 heavy (non-hydrogen) atoms. The Hall–Kier alpha value is -2.39. The highest BCUT2D eigenvalue weighted by Crippen LogP contribution is 2.32. The summed E-state index contributed by atoms with van der Waals surface area (Å²) in [6, 6.07) is 5.79. The molecule has 1 saturated heterocycles. The number of hydrogen-bond donors (Lipinski definition) is 0. The third-order valence-corrected chi connectivity index (χ3v) is 3.70. The average Bonchev–Trinajstić information content (AvgIpc) is 3.00. The SMILES string of the molecule is O.O.O.O.O=C(/C=C/C=C/c1ccc2c(c1)OCO2)N1CCCCC1. The highest BCUT2D eigenvalue weighted by atomic mass is 16.7. The number of piperidine rings is 1. The van der Waals surface area contributed by atoms with E-state index in [4.69, 9.17) is 9.47 Å². The molecule has 1 fully saturated rings. The Bertz CT molecular complexity index is 580. The van der Waals surface area contributed by atoms with Gasteiger partial charge < -0.3 is 36.3 Å². The molecule has 0 unspecified atom stereocenters. The second-order valence-corrected chi connectivity index (χ2v) is 5.22. The van der Waals surface area contributed by atoms with Crippen LogP contribution in [0.3, 0.4) is 0 Å². The maximum atomic E-state index is 11.9. The van der Waals surface area contributed by atoms with Crippen molar-refractivity contribution in [3.8, 4) is 11.5 Å². The molecule has 1 aromatic carbocycles. The molecule has 3 rings (SSSR count). The normalized spacial score (nSPS) is 15.0. The van der Waals surface area contributed by atoms with Crippen molar-refractivity contribution in [3.63, 3.8) is 0 Å². The predicted octanol–water partition coefficient (Wildman–Crippen LogP) is -0.302. The Morgan fingerprint density at radius 2 is 1.60 bits per heavy atom. The lowest BCUT2D eigenvalue weighted by Crippen LogP contribution is -2.34. The van der Waals surface area contributed by atoms with Gasteiger partial charge in [0, 0.05) is 19.2 Å². The Labute approximate surface area is 146 Å². The van der Waals surface area contributed by atoms with Crippen LogP contribution >= 0.6 is 0 Å². The van der Waals surface area contributed by atoms with E-state index in [1.165, 1.54) is 6.42 Å². The molecule has 0 saturated carbocycles. The lowest BCUT2D eigenvalue weighted by atomic mass is 10.1. The first-order valence-corrected chi connectivity index (χ1v) is 7.36. The predicted molar refractivity (Wildman–Crippen MR) is 95.6 cm³/mol. The van der Waals surface area contributed by atoms with Gasteiger partial charge in [0.15, 0.2) is 11.5 Å². The quantitative estimate of drug-likeness (QED) is 0.536. The number of carbonyl (C=O) groups is 1. The zero-order chi connectivity index (χ0) is 14.5. The van der Waals surface area contributed by atoms with Crippen molar-refractivity contribution < 1.29 is 36.2 Å². The van der Waals surface area contributed by atoms with Gasteiger partial charge >= 0.3 is 0 Å². The maximum Gasteiger partial charge on any atom is 0.246 e. The van der Waals surface area contributed by atoms with Gasteiger partial charge in [0.2, 0.25) is 12.7 Å². The molecule has 0 radical (unpaired) electrons. The largest absolute Gasteiger partial charge is 0.454 e. The first-order chi connectivity index (χ1) is 10.3. The molecule has 2 heterocycles. The van der Waals surface area contributed by atoms with Crippen LogP contribution in [0.25, 0.3) is 6.08 Å². The first kappa shape index (κ1) is 24.9. The van der Waals surface area contributed by atoms with Crippen LogP contribution in [0.4, 0.5) is 0 Å². The van der Waals surface area contributed by atoms with Gasteiger partial charge in [0.05, 0.1) is 0 Å². The van der Waals surface area contributed by atoms with E-state index in [1.54, 1.807) is 12.2 Å². The average molecular weight is 357 g/mol. The number of benzene rings is 1. The van der Waals surface area contributed by atoms with E-state index in [-0.39, 0.29) is 34.6 Å². The molecule has 0 aromatic heterocycles. The van der Waals surface area contributed by atoms with Crippen molar-refractivity contribution in [2.45, 2.75) is 19.3 Å². The number of rotatable bonds is 3. The van der Waals surface area contributed by atoms with Gasteiger partial charge in [-0.1, -0.05) is 24.3 Å². The summed E-state index contributed by atoms with van der Waals surface area (Å²) in [7, 11) is 0. The van der Waals surface area contributed by atoms with Crippen molar-refractivity contribution in [1.29, 1.82) is 0 Å². The van der Waals surface area contributed by atoms with E-state index in [2.05, 4.69) is 0 Å². The minimum Gasteiger partial charge on any atom is -0.454 e. The summed E-state index contributed by atoms with van der Waals surface area (Å²) in [4.78, 5) is 13.8. The first-order valence-electron chi connectivity index (χ1n) is 7.36. The number of allylic oxidation sites excluding steroid dienone is 2. The van der Waals surface area contributed by atoms with Crippen LogP contribution in [0.2, 0.25) is 0 Å². The molecule has 0 aliphatic carbocycles. The van der Waals surface area contributed by atoms with Crippen LogP contribution < -0.4 is 9.47 Å². The number of likely N-dealkylation sites (tertiary alicyclic amines) is 1. The Morgan fingerprint density at radius 3 is 2.32 bits per heavy atom. The van der Waals surface area contributed by atoms with E-state index in [0.29, 0.717) is 0 Å². The van der Waals surface area contributed by atoms with E-state index in [9.17, 15) is 4.79 Å². The molecule has 0 bridgehead atoms. The summed E-state index contributed by atoms with van der Waals surface area (Å²) in [5, 5.41) is 0. The zero-order valence-electron chi connectivity index (χ0n) is 14.0. The molecule has 8 N–H and O–H groups in total. The lowest BCUT2D eigenvalue weighted by Gasteiger charge is -2.25. The van der Waals surface area contributed by atoms with Crippen LogP contribution in [-0.4, -0.2) is 52.6 Å². The minimum atomic E-state index is 0. The van der Waals surface area contributed by atoms with Gasteiger partial charge in [-0.3, -0.25) is 4.79 Å². The molecule has 0 atom stereocenters. The smallest absolute Gasteiger partial charge is 0.246 e. The maximum absolute atomic E-state index is 11.9. The van der Waals surface area contributed by atoms with E-state index >= 15 is 0 Å². The zero-order valence-corrected chi connectivity index (χ0v) is 14.0. The fourth-order valence-corrected chi connectivity index (χ4v) is 2.54. The van der Waals surface area contributed by atoms with Crippen molar-refractivity contribution in [2.24, 2.45) is 0 Å². The fourth-order valence-electron chi connectivity index (χ4n) is 2.54. The third kappa shape index (κ3) is 6.55. The highest BCUT2D eigenvalue weighted by molar-refractivity contribution is 5.88. The van der Waals surface area contributed by atoms with E-state index in [0.717, 1.165) is 43.0 Å². The number of amides is 1. The number of ether oxygens (including phenoxy) is 2. The minimum absolute atomic E-state index is 0. The molecule has 1 aromatic rings. The van der Waals surface area contributed by atoms with Crippen molar-refractivity contribution in [3.05, 3.63) is 42.0 Å². The summed E-state index contributed by atoms with van der Waals surface area (Å²) < 4.78 is 10.6. The van der Waals surface area contributed by atoms with Gasteiger partial charge in [0.1, 0.15) is 0 Å². The molecular weight excluding hydrogens is 330 g/mol. The number of fused-ring (bicyclic) bond motifs is 1. The molecule has 1 amide bonds. The topological polar surface area (TPSA) is 165 Å². The molecule has 8 heteroatoms. The Balaban J connectivity index is 0. The Morgan fingerprint density at radius 1 is 0.920 bits per heavy atom. The van der Waals surface area contributed by atoms with Crippen molar-refractivity contribution >= 4 is 12.0 Å². The van der Waals surface area contributed by atoms with Gasteiger partial charge in [-0.15, -0.1) is 0 Å². The van der Waals surface area contributed by atoms with Gasteiger partial charge in [-0.25, -0.2) is 0 Å². The van der Waals surface area contributed by atoms with Gasteiger partial charge in [0.25, 0.3) is 0 Å². The van der Waals surface area contributed by atoms with Crippen LogP contribution in [-0.2, 0) is 4.79 Å². The molecule has 2 aliphatic rings. The summed E-state index contributed by atoms with van der Waals surface area (Å²) in [6.45, 7) is 2.05. The molecule has 0 spiro atoms. The monoisotopic (exact) mass is 357 g/mol. The number of nitrogens with zero attached hydrogens (tertiary/aromatic N) is 1. The van der Waals surface area contributed by atoms with Gasteiger partial charge in [-0.2, -0.15) is 0 Å². The summed E-state index contributed by atoms with van der Waals surface area (Å²) in [5.41, 5.74) is 1.02. The second-order valence-electron chi connectivity index (χ2n) is 5.22. The fraction of sp³-hybridized carbons (Fsp3) is 0.353. The van der Waals surface area contributed by atoms with Crippen molar-refractivity contribution in [2.75, 3.05) is 19.9 Å². The van der Waals surface area contributed by atoms with Crippen LogP contribution in [0.15, 0.2) is 36.4 Å². The summed E-state index contributed by atoms with van der Waals surface area (Å²) in [6.07, 6.45) is 10.7. The number of carbonyl (C=O) groups excluding carboxylic acids is 1. The van der Waals surface area contributed by atoms with Crippen LogP contribution in [0.5, 0.6) is 11.5 Å². The number of hydrogen-bond acceptors (Lipinski definition) is 3. The Kier molecular flexibility index (Phi) is 12.0. The highest BCUT2D eigenvalue weighted by Gasteiger charge is 2.13. The summed E-state index contributed by atoms with van der Waals surface area (Å²) in [5.74, 6) is 1.65. The second kappa shape index (κ2) is 12.0. The standard InChI is InChI=1S/C17H19NO3.4H2O/c19-17(18-10-4-1-5-11-18)7-3-2-6-14-8-9-15-16(12-14)21-13-20-15;;;;/h2-3,6-9,12H,1,4-5,10-11,13H2;4*1H2/b6-2+,7-3+;;;;. The molecule has 8 nitrogen and oxygen atoms in total. The van der Waals surface area contributed by atoms with Crippen LogP contribution in [0, 0.1) is 0 Å². The molecule has 2 aliphatic heterocycles. The molecule has 142 valence electrons. The molecular formula is C17H27NO7. The van der Waals surface area contributed by atoms with Gasteiger partial charge in [-0.05, 0) is 37.0 Å². The lowest BCUT2D eigenvalue weighted by molar-refractivity contribution is -0.126. The van der Waals surface area contributed by atoms with Crippen molar-refractivity contribution in [1.82, 2.24) is 4.90 Å².